The minimum Gasteiger partial charge on any atom is -0.391 e. The van der Waals surface area contributed by atoms with Gasteiger partial charge in [0.1, 0.15) is 0 Å². The Bertz CT molecular complexity index is 1060. The van der Waals surface area contributed by atoms with Crippen LogP contribution in [-0.4, -0.2) is 40.8 Å². The van der Waals surface area contributed by atoms with Gasteiger partial charge in [-0.2, -0.15) is 0 Å². The predicted octanol–water partition coefficient (Wildman–Crippen LogP) is 3.31. The van der Waals surface area contributed by atoms with Crippen LogP contribution < -0.4 is 5.32 Å². The van der Waals surface area contributed by atoms with Crippen LogP contribution in [-0.2, 0) is 9.84 Å². The minimum absolute atomic E-state index is 0.170. The smallest absolute Gasteiger partial charge is 0.229 e. The maximum atomic E-state index is 12.9. The van der Waals surface area contributed by atoms with Gasteiger partial charge in [-0.1, -0.05) is 43.9 Å². The molecule has 154 valence electrons. The number of benzene rings is 1. The highest BCUT2D eigenvalue weighted by molar-refractivity contribution is 7.91. The van der Waals surface area contributed by atoms with Crippen LogP contribution in [0.25, 0.3) is 5.65 Å². The van der Waals surface area contributed by atoms with Crippen molar-refractivity contribution >= 4 is 21.4 Å². The van der Waals surface area contributed by atoms with Crippen LogP contribution in [0.15, 0.2) is 58.5 Å². The number of fused-ring (bicyclic) bond motifs is 1. The molecule has 0 radical (unpaired) electrons. The molecule has 2 N–H and O–H groups in total. The van der Waals surface area contributed by atoms with Gasteiger partial charge in [-0.25, -0.2) is 8.42 Å². The van der Waals surface area contributed by atoms with E-state index >= 15 is 0 Å². The number of hydrogen-bond donors (Lipinski definition) is 2. The number of aromatic nitrogens is 3. The summed E-state index contributed by atoms with van der Waals surface area (Å²) in [4.78, 5) is 0.411. The molecule has 1 aliphatic rings. The van der Waals surface area contributed by atoms with Crippen molar-refractivity contribution in [3.8, 4) is 0 Å². The van der Waals surface area contributed by atoms with Gasteiger partial charge in [-0.15, -0.1) is 10.2 Å². The summed E-state index contributed by atoms with van der Waals surface area (Å²) in [5.41, 5.74) is 0.545. The van der Waals surface area contributed by atoms with Crippen molar-refractivity contribution in [3.63, 3.8) is 0 Å². The Morgan fingerprint density at radius 2 is 1.72 bits per heavy atom. The highest BCUT2D eigenvalue weighted by Gasteiger charge is 2.22. The number of rotatable bonds is 6. The fraction of sp³-hybridized carbons (Fsp3) is 0.429. The molecule has 0 spiro atoms. The molecule has 2 aromatic heterocycles. The molecule has 1 aromatic carbocycles. The van der Waals surface area contributed by atoms with Crippen LogP contribution in [0, 0.1) is 5.92 Å². The fourth-order valence-corrected chi connectivity index (χ4v) is 5.22. The summed E-state index contributed by atoms with van der Waals surface area (Å²) in [5, 5.41) is 22.0. The minimum atomic E-state index is -3.63. The van der Waals surface area contributed by atoms with E-state index in [1.807, 2.05) is 0 Å². The molecule has 1 unspecified atom stereocenters. The lowest BCUT2D eigenvalue weighted by atomic mass is 9.94. The third-order valence-corrected chi connectivity index (χ3v) is 7.41. The lowest BCUT2D eigenvalue weighted by Crippen LogP contribution is -2.28. The van der Waals surface area contributed by atoms with Crippen LogP contribution >= 0.6 is 0 Å². The number of nitrogens with zero attached hydrogens (tertiary/aromatic N) is 3. The maximum absolute atomic E-state index is 12.9. The van der Waals surface area contributed by atoms with Crippen LogP contribution in [0.1, 0.15) is 38.5 Å². The number of aliphatic hydroxyl groups is 1. The monoisotopic (exact) mass is 414 g/mol. The molecule has 8 heteroatoms. The number of nitrogens with one attached hydrogen (secondary N) is 1. The molecule has 1 atom stereocenters. The molecule has 1 fully saturated rings. The molecule has 3 aromatic rings. The van der Waals surface area contributed by atoms with Crippen molar-refractivity contribution in [2.45, 2.75) is 54.4 Å². The zero-order valence-corrected chi connectivity index (χ0v) is 17.1. The van der Waals surface area contributed by atoms with Crippen molar-refractivity contribution in [1.82, 2.24) is 14.6 Å². The summed E-state index contributed by atoms with van der Waals surface area (Å²) in [5.74, 6) is 0.719. The Kier molecular flexibility index (Phi) is 5.82. The van der Waals surface area contributed by atoms with E-state index in [2.05, 4.69) is 15.5 Å². The van der Waals surface area contributed by atoms with Crippen molar-refractivity contribution in [2.24, 2.45) is 5.92 Å². The average molecular weight is 415 g/mol. The Balaban J connectivity index is 1.54. The lowest BCUT2D eigenvalue weighted by molar-refractivity contribution is 0.110. The quantitative estimate of drug-likeness (QED) is 0.601. The second-order valence-corrected chi connectivity index (χ2v) is 9.58. The zero-order valence-electron chi connectivity index (χ0n) is 16.2. The van der Waals surface area contributed by atoms with Gasteiger partial charge in [0, 0.05) is 12.7 Å². The molecule has 1 saturated carbocycles. The molecule has 0 amide bonds. The van der Waals surface area contributed by atoms with E-state index in [1.54, 1.807) is 40.8 Å². The first-order valence-electron chi connectivity index (χ1n) is 10.1. The Morgan fingerprint density at radius 3 is 2.45 bits per heavy atom. The lowest BCUT2D eigenvalue weighted by Gasteiger charge is -2.21. The van der Waals surface area contributed by atoms with E-state index in [1.165, 1.54) is 25.1 Å². The molecule has 7 nitrogen and oxygen atoms in total. The number of hydrogen-bond acceptors (Lipinski definition) is 6. The molecule has 0 saturated heterocycles. The van der Waals surface area contributed by atoms with Gasteiger partial charge in [0.15, 0.2) is 5.65 Å². The van der Waals surface area contributed by atoms with Gasteiger partial charge in [0.05, 0.1) is 15.9 Å². The van der Waals surface area contributed by atoms with Crippen LogP contribution in [0.2, 0.25) is 0 Å². The summed E-state index contributed by atoms with van der Waals surface area (Å²) in [6.07, 6.45) is 7.96. The molecular weight excluding hydrogens is 388 g/mol. The van der Waals surface area contributed by atoms with Gasteiger partial charge in [-0.05, 0) is 43.0 Å². The third-order valence-electron chi connectivity index (χ3n) is 5.65. The summed E-state index contributed by atoms with van der Waals surface area (Å²) >= 11 is 0. The Labute approximate surface area is 170 Å². The van der Waals surface area contributed by atoms with Crippen LogP contribution in [0.4, 0.5) is 5.95 Å². The number of sulfone groups is 1. The highest BCUT2D eigenvalue weighted by atomic mass is 32.2. The number of anilines is 1. The van der Waals surface area contributed by atoms with Crippen LogP contribution in [0.3, 0.4) is 0 Å². The summed E-state index contributed by atoms with van der Waals surface area (Å²) in [7, 11) is -3.63. The van der Waals surface area contributed by atoms with Crippen molar-refractivity contribution in [1.29, 1.82) is 0 Å². The van der Waals surface area contributed by atoms with Crippen molar-refractivity contribution in [2.75, 3.05) is 11.9 Å². The molecule has 0 aliphatic heterocycles. The second-order valence-electron chi connectivity index (χ2n) is 7.63. The van der Waals surface area contributed by atoms with E-state index in [4.69, 9.17) is 0 Å². The number of pyridine rings is 1. The topological polar surface area (TPSA) is 96.6 Å². The van der Waals surface area contributed by atoms with E-state index in [9.17, 15) is 13.5 Å². The first kappa shape index (κ1) is 19.8. The van der Waals surface area contributed by atoms with Gasteiger partial charge in [0.25, 0.3) is 0 Å². The second kappa shape index (κ2) is 8.51. The molecule has 2 heterocycles. The van der Waals surface area contributed by atoms with E-state index < -0.39 is 15.9 Å². The molecular formula is C21H26N4O3S. The SMILES string of the molecule is O=S(=O)(c1ccccc1)c1ccc2nnc(NCC(O)C3CCCCCC3)n2c1. The molecule has 29 heavy (non-hydrogen) atoms. The fourth-order valence-electron chi connectivity index (χ4n) is 3.94. The summed E-state index contributed by atoms with van der Waals surface area (Å²) in [6, 6.07) is 11.5. The van der Waals surface area contributed by atoms with E-state index in [0.717, 1.165) is 25.7 Å². The van der Waals surface area contributed by atoms with Crippen LogP contribution in [0.5, 0.6) is 0 Å². The standard InChI is InChI=1S/C21H26N4O3S/c26-19(16-8-4-1-2-5-9-16)14-22-21-24-23-20-13-12-18(15-25(20)21)29(27,28)17-10-6-3-7-11-17/h3,6-7,10-13,15-16,19,26H,1-2,4-5,8-9,14H2,(H,22,24). The molecule has 4 rings (SSSR count). The summed E-state index contributed by atoms with van der Waals surface area (Å²) < 4.78 is 27.4. The van der Waals surface area contributed by atoms with E-state index in [-0.39, 0.29) is 9.79 Å². The predicted molar refractivity (Wildman–Crippen MR) is 111 cm³/mol. The zero-order chi connectivity index (χ0) is 20.3. The molecule has 1 aliphatic carbocycles. The Hall–Kier alpha value is -2.45. The van der Waals surface area contributed by atoms with E-state index in [0.29, 0.717) is 24.1 Å². The molecule has 0 bridgehead atoms. The van der Waals surface area contributed by atoms with Gasteiger partial charge < -0.3 is 10.4 Å². The first-order chi connectivity index (χ1) is 14.1. The largest absolute Gasteiger partial charge is 0.391 e. The van der Waals surface area contributed by atoms with Gasteiger partial charge in [0.2, 0.25) is 15.8 Å². The third kappa shape index (κ3) is 4.28. The summed E-state index contributed by atoms with van der Waals surface area (Å²) in [6.45, 7) is 0.362. The normalized spacial score (nSPS) is 17.1. The van der Waals surface area contributed by atoms with Gasteiger partial charge >= 0.3 is 0 Å². The van der Waals surface area contributed by atoms with Gasteiger partial charge in [-0.3, -0.25) is 4.40 Å². The average Bonchev–Trinajstić information content (AvgIpc) is 2.95. The first-order valence-corrected chi connectivity index (χ1v) is 11.6. The number of aliphatic hydroxyl groups excluding tert-OH is 1. The van der Waals surface area contributed by atoms with Crippen molar-refractivity contribution < 1.29 is 13.5 Å². The Morgan fingerprint density at radius 1 is 1.00 bits per heavy atom. The maximum Gasteiger partial charge on any atom is 0.229 e. The van der Waals surface area contributed by atoms with Crippen molar-refractivity contribution in [3.05, 3.63) is 48.7 Å². The highest BCUT2D eigenvalue weighted by Crippen LogP contribution is 2.26.